The van der Waals surface area contributed by atoms with Gasteiger partial charge in [-0.05, 0) is 19.8 Å². The van der Waals surface area contributed by atoms with Crippen LogP contribution in [0.3, 0.4) is 0 Å². The smallest absolute Gasteiger partial charge is 0.332 e. The molecule has 1 aliphatic rings. The van der Waals surface area contributed by atoms with Crippen molar-refractivity contribution < 1.29 is 4.92 Å². The predicted molar refractivity (Wildman–Crippen MR) is 82.7 cm³/mol. The molecule has 1 aliphatic carbocycles. The highest BCUT2D eigenvalue weighted by Crippen LogP contribution is 2.29. The third-order valence-corrected chi connectivity index (χ3v) is 3.91. The van der Waals surface area contributed by atoms with Gasteiger partial charge in [0.05, 0.1) is 4.92 Å². The second-order valence-electron chi connectivity index (χ2n) is 5.52. The first kappa shape index (κ1) is 15.5. The minimum atomic E-state index is -0.403. The predicted octanol–water partition coefficient (Wildman–Crippen LogP) is 3.26. The Morgan fingerprint density at radius 1 is 1.14 bits per heavy atom. The number of rotatable bonds is 4. The maximum Gasteiger partial charge on any atom is 0.332 e. The summed E-state index contributed by atoms with van der Waals surface area (Å²) < 4.78 is 0. The third kappa shape index (κ3) is 4.03. The maximum absolute atomic E-state index is 11.3. The van der Waals surface area contributed by atoms with Crippen LogP contribution in [-0.4, -0.2) is 28.0 Å². The first-order valence-electron chi connectivity index (χ1n) is 7.59. The lowest BCUT2D eigenvalue weighted by atomic mass is 9.97. The van der Waals surface area contributed by atoms with Gasteiger partial charge in [-0.2, -0.15) is 4.98 Å². The molecule has 1 aromatic rings. The fourth-order valence-electron chi connectivity index (χ4n) is 2.79. The van der Waals surface area contributed by atoms with Crippen LogP contribution in [0, 0.1) is 17.0 Å². The van der Waals surface area contributed by atoms with Gasteiger partial charge in [0.2, 0.25) is 11.8 Å². The first-order chi connectivity index (χ1) is 10.1. The van der Waals surface area contributed by atoms with Crippen molar-refractivity contribution >= 4 is 17.5 Å². The molecular formula is C14H23N5O2. The highest BCUT2D eigenvalue weighted by molar-refractivity contribution is 5.61. The van der Waals surface area contributed by atoms with Crippen molar-refractivity contribution in [3.05, 3.63) is 15.8 Å². The van der Waals surface area contributed by atoms with E-state index >= 15 is 0 Å². The molecule has 0 aromatic carbocycles. The van der Waals surface area contributed by atoms with Gasteiger partial charge >= 0.3 is 5.69 Å². The second-order valence-corrected chi connectivity index (χ2v) is 5.52. The van der Waals surface area contributed by atoms with Crippen molar-refractivity contribution in [3.8, 4) is 0 Å². The van der Waals surface area contributed by atoms with Crippen LogP contribution < -0.4 is 10.6 Å². The summed E-state index contributed by atoms with van der Waals surface area (Å²) >= 11 is 0. The van der Waals surface area contributed by atoms with Crippen LogP contribution in [0.2, 0.25) is 0 Å². The summed E-state index contributed by atoms with van der Waals surface area (Å²) in [7, 11) is 1.71. The Labute approximate surface area is 124 Å². The molecule has 1 fully saturated rings. The average molecular weight is 293 g/mol. The normalized spacial score (nSPS) is 16.9. The molecule has 1 aromatic heterocycles. The fraction of sp³-hybridized carbons (Fsp3) is 0.714. The van der Waals surface area contributed by atoms with Crippen LogP contribution in [0.1, 0.15) is 50.6 Å². The van der Waals surface area contributed by atoms with E-state index in [0.717, 1.165) is 25.7 Å². The van der Waals surface area contributed by atoms with E-state index in [1.807, 2.05) is 0 Å². The van der Waals surface area contributed by atoms with Crippen molar-refractivity contribution in [2.45, 2.75) is 57.9 Å². The Morgan fingerprint density at radius 3 is 2.33 bits per heavy atom. The van der Waals surface area contributed by atoms with Gasteiger partial charge in [0, 0.05) is 13.1 Å². The first-order valence-corrected chi connectivity index (χ1v) is 7.59. The Kier molecular flexibility index (Phi) is 5.30. The molecular weight excluding hydrogens is 270 g/mol. The summed E-state index contributed by atoms with van der Waals surface area (Å²) in [6.45, 7) is 1.64. The largest absolute Gasteiger partial charge is 0.361 e. The van der Waals surface area contributed by atoms with Crippen LogP contribution in [0.4, 0.5) is 17.5 Å². The summed E-state index contributed by atoms with van der Waals surface area (Å²) in [5.41, 5.74) is 0.365. The molecule has 2 rings (SSSR count). The summed E-state index contributed by atoms with van der Waals surface area (Å²) in [5.74, 6) is 0.744. The van der Waals surface area contributed by atoms with Crippen molar-refractivity contribution in [3.63, 3.8) is 0 Å². The number of aryl methyl sites for hydroxylation is 1. The van der Waals surface area contributed by atoms with Crippen LogP contribution in [0.25, 0.3) is 0 Å². The quantitative estimate of drug-likeness (QED) is 0.653. The topological polar surface area (TPSA) is 93.0 Å². The van der Waals surface area contributed by atoms with Gasteiger partial charge in [-0.25, -0.2) is 4.98 Å². The van der Waals surface area contributed by atoms with E-state index in [1.165, 1.54) is 19.3 Å². The van der Waals surface area contributed by atoms with E-state index in [0.29, 0.717) is 17.5 Å². The lowest BCUT2D eigenvalue weighted by Crippen LogP contribution is -2.22. The monoisotopic (exact) mass is 293 g/mol. The van der Waals surface area contributed by atoms with Crippen LogP contribution >= 0.6 is 0 Å². The molecule has 0 radical (unpaired) electrons. The van der Waals surface area contributed by atoms with Crippen LogP contribution in [0.5, 0.6) is 0 Å². The minimum Gasteiger partial charge on any atom is -0.361 e. The molecule has 7 nitrogen and oxygen atoms in total. The van der Waals surface area contributed by atoms with E-state index < -0.39 is 4.92 Å². The van der Waals surface area contributed by atoms with E-state index in [4.69, 9.17) is 0 Å². The zero-order valence-electron chi connectivity index (χ0n) is 12.7. The van der Waals surface area contributed by atoms with Crippen LogP contribution in [-0.2, 0) is 0 Å². The summed E-state index contributed by atoms with van der Waals surface area (Å²) in [6.07, 6.45) is 8.17. The number of nitrogens with zero attached hydrogens (tertiary/aromatic N) is 3. The van der Waals surface area contributed by atoms with Gasteiger partial charge in [0.15, 0.2) is 0 Å². The molecule has 0 spiro atoms. The molecule has 0 atom stereocenters. The maximum atomic E-state index is 11.3. The molecule has 1 heterocycles. The second kappa shape index (κ2) is 7.19. The Morgan fingerprint density at radius 2 is 1.76 bits per heavy atom. The highest BCUT2D eigenvalue weighted by Gasteiger charge is 2.24. The number of nitrogens with one attached hydrogen (secondary N) is 2. The van der Waals surface area contributed by atoms with Gasteiger partial charge < -0.3 is 10.6 Å². The molecule has 2 N–H and O–H groups in total. The lowest BCUT2D eigenvalue weighted by molar-refractivity contribution is -0.385. The molecule has 0 bridgehead atoms. The summed E-state index contributed by atoms with van der Waals surface area (Å²) in [6, 6.07) is 0.253. The van der Waals surface area contributed by atoms with Gasteiger partial charge in [0.1, 0.15) is 5.69 Å². The van der Waals surface area contributed by atoms with Gasteiger partial charge in [0.25, 0.3) is 0 Å². The molecule has 0 saturated heterocycles. The third-order valence-electron chi connectivity index (χ3n) is 3.91. The highest BCUT2D eigenvalue weighted by atomic mass is 16.6. The minimum absolute atomic E-state index is 0.0175. The fourth-order valence-corrected chi connectivity index (χ4v) is 2.79. The number of anilines is 2. The molecule has 0 amide bonds. The van der Waals surface area contributed by atoms with Gasteiger partial charge in [-0.1, -0.05) is 32.1 Å². The van der Waals surface area contributed by atoms with Crippen molar-refractivity contribution in [1.29, 1.82) is 0 Å². The Balaban J connectivity index is 2.23. The molecule has 0 unspecified atom stereocenters. The zero-order valence-corrected chi connectivity index (χ0v) is 12.7. The lowest BCUT2D eigenvalue weighted by Gasteiger charge is -2.21. The van der Waals surface area contributed by atoms with Crippen molar-refractivity contribution in [1.82, 2.24) is 9.97 Å². The van der Waals surface area contributed by atoms with Crippen molar-refractivity contribution in [2.24, 2.45) is 0 Å². The molecule has 0 aliphatic heterocycles. The molecule has 1 saturated carbocycles. The Bertz CT molecular complexity index is 498. The van der Waals surface area contributed by atoms with Gasteiger partial charge in [-0.3, -0.25) is 10.1 Å². The van der Waals surface area contributed by atoms with E-state index in [9.17, 15) is 10.1 Å². The number of hydrogen-bond acceptors (Lipinski definition) is 6. The molecule has 116 valence electrons. The van der Waals surface area contributed by atoms with Gasteiger partial charge in [-0.15, -0.1) is 0 Å². The molecule has 21 heavy (non-hydrogen) atoms. The average Bonchev–Trinajstić information content (AvgIpc) is 2.40. The van der Waals surface area contributed by atoms with E-state index in [-0.39, 0.29) is 11.7 Å². The van der Waals surface area contributed by atoms with Crippen LogP contribution in [0.15, 0.2) is 0 Å². The standard InChI is InChI=1S/C14H23N5O2/c1-10-12(19(20)21)13(18-14(15-2)16-10)17-11-8-6-4-3-5-7-9-11/h11H,3-9H2,1-2H3,(H2,15,16,17,18). The zero-order chi connectivity index (χ0) is 15.2. The number of aromatic nitrogens is 2. The van der Waals surface area contributed by atoms with E-state index in [1.54, 1.807) is 14.0 Å². The summed E-state index contributed by atoms with van der Waals surface area (Å²) in [4.78, 5) is 19.2. The molecule has 7 heteroatoms. The van der Waals surface area contributed by atoms with E-state index in [2.05, 4.69) is 20.6 Å². The summed E-state index contributed by atoms with van der Waals surface area (Å²) in [5, 5.41) is 17.4. The van der Waals surface area contributed by atoms with Crippen molar-refractivity contribution in [2.75, 3.05) is 17.7 Å². The number of nitro groups is 1. The Hall–Kier alpha value is -1.92. The SMILES string of the molecule is CNc1nc(C)c([N+](=O)[O-])c(NC2CCCCCCC2)n1. The number of hydrogen-bond donors (Lipinski definition) is 2.